The molecule has 0 radical (unpaired) electrons. The van der Waals surface area contributed by atoms with Crippen LogP contribution in [0.3, 0.4) is 0 Å². The van der Waals surface area contributed by atoms with E-state index < -0.39 is 28.5 Å². The van der Waals surface area contributed by atoms with Gasteiger partial charge in [0.2, 0.25) is 0 Å². The minimum absolute atomic E-state index is 0.196. The second-order valence-corrected chi connectivity index (χ2v) is 19.5. The number of hydrogen-bond acceptors (Lipinski definition) is 2. The average Bonchev–Trinajstić information content (AvgIpc) is 2.67. The summed E-state index contributed by atoms with van der Waals surface area (Å²) < 4.78 is 36.6. The Labute approximate surface area is 159 Å². The molecule has 0 aliphatic carbocycles. The third-order valence-corrected chi connectivity index (χ3v) is 20.0. The fourth-order valence-electron chi connectivity index (χ4n) is 3.62. The van der Waals surface area contributed by atoms with Crippen LogP contribution >= 0.6 is 0 Å². The molecule has 134 valence electrons. The van der Waals surface area contributed by atoms with E-state index in [4.69, 9.17) is 0 Å². The van der Waals surface area contributed by atoms with Crippen LogP contribution in [0.5, 0.6) is 0 Å². The second-order valence-electron chi connectivity index (χ2n) is 6.39. The van der Waals surface area contributed by atoms with E-state index in [-0.39, 0.29) is 5.75 Å². The summed E-state index contributed by atoms with van der Waals surface area (Å²) in [6, 6.07) is 31.4. The van der Waals surface area contributed by atoms with Crippen LogP contribution in [-0.2, 0) is 10.1 Å². The fraction of sp³-hybridized carbons (Fsp3) is 0.143. The van der Waals surface area contributed by atoms with Gasteiger partial charge in [-0.1, -0.05) is 0 Å². The molecule has 1 N–H and O–H groups in total. The van der Waals surface area contributed by atoms with Gasteiger partial charge in [0.25, 0.3) is 0 Å². The van der Waals surface area contributed by atoms with Gasteiger partial charge in [-0.2, -0.15) is 0 Å². The summed E-state index contributed by atoms with van der Waals surface area (Å²) in [5.41, 5.74) is 0. The molecule has 0 spiro atoms. The van der Waals surface area contributed by atoms with Gasteiger partial charge >= 0.3 is 160 Å². The molecule has 26 heavy (non-hydrogen) atoms. The topological polar surface area (TPSA) is 54.4 Å². The van der Waals surface area contributed by atoms with Gasteiger partial charge in [-0.05, 0) is 0 Å². The molecule has 0 aliphatic rings. The van der Waals surface area contributed by atoms with Gasteiger partial charge in [0, 0.05) is 0 Å². The minimum atomic E-state index is -3.96. The van der Waals surface area contributed by atoms with E-state index >= 15 is 0 Å². The number of benzene rings is 3. The van der Waals surface area contributed by atoms with E-state index in [1.165, 1.54) is 10.7 Å². The zero-order valence-corrected chi connectivity index (χ0v) is 18.1. The van der Waals surface area contributed by atoms with Crippen LogP contribution in [0.25, 0.3) is 0 Å². The first-order valence-electron chi connectivity index (χ1n) is 8.64. The summed E-state index contributed by atoms with van der Waals surface area (Å²) >= 11 is -3.38. The van der Waals surface area contributed by atoms with E-state index in [0.29, 0.717) is 6.42 Å². The van der Waals surface area contributed by atoms with E-state index in [1.807, 2.05) is 18.2 Å². The standard InChI is InChI=1S/3C6H5.C3H7O3S.Sn/c3*1-2-4-6-5-3-1;1-2-3-7(4,5)6;/h3*1-5H;1-3H2,(H,4,5,6);. The Bertz CT molecular complexity index is 830. The summed E-state index contributed by atoms with van der Waals surface area (Å²) in [4.78, 5) is 0. The monoisotopic (exact) mass is 474 g/mol. The van der Waals surface area contributed by atoms with E-state index in [0.717, 1.165) is 4.44 Å². The van der Waals surface area contributed by atoms with E-state index in [9.17, 15) is 13.0 Å². The molecule has 0 saturated heterocycles. The van der Waals surface area contributed by atoms with Crippen molar-refractivity contribution in [2.45, 2.75) is 10.9 Å². The normalized spacial score (nSPS) is 12.0. The Morgan fingerprint density at radius 1 is 0.654 bits per heavy atom. The van der Waals surface area contributed by atoms with Crippen LogP contribution in [0.2, 0.25) is 4.44 Å². The quantitative estimate of drug-likeness (QED) is 0.424. The third-order valence-electron chi connectivity index (χ3n) is 4.75. The molecular formula is C21H22O3SSn. The van der Waals surface area contributed by atoms with Gasteiger partial charge in [-0.3, -0.25) is 0 Å². The molecule has 0 unspecified atom stereocenters. The molecule has 3 aromatic rings. The van der Waals surface area contributed by atoms with Crippen molar-refractivity contribution in [3.8, 4) is 0 Å². The molecule has 0 aliphatic heterocycles. The van der Waals surface area contributed by atoms with Gasteiger partial charge in [0.05, 0.1) is 0 Å². The van der Waals surface area contributed by atoms with Crippen LogP contribution in [0.1, 0.15) is 6.42 Å². The Kier molecular flexibility index (Phi) is 6.16. The molecule has 0 aromatic heterocycles. The third kappa shape index (κ3) is 4.37. The SMILES string of the molecule is O=S(=O)(O)CC[CH2][Sn]([c]1ccccc1)([c]1ccccc1)[c]1ccccc1. The Balaban J connectivity index is 2.18. The van der Waals surface area contributed by atoms with Crippen LogP contribution < -0.4 is 10.7 Å². The molecule has 3 aromatic carbocycles. The summed E-state index contributed by atoms with van der Waals surface area (Å²) in [5, 5.41) is 0. The second kappa shape index (κ2) is 8.37. The maximum atomic E-state index is 11.3. The number of rotatable bonds is 7. The van der Waals surface area contributed by atoms with Crippen molar-refractivity contribution in [2.75, 3.05) is 5.75 Å². The fourth-order valence-corrected chi connectivity index (χ4v) is 18.7. The van der Waals surface area contributed by atoms with Crippen molar-refractivity contribution in [1.29, 1.82) is 0 Å². The molecule has 0 atom stereocenters. The van der Waals surface area contributed by atoms with Crippen LogP contribution in [0.15, 0.2) is 91.0 Å². The van der Waals surface area contributed by atoms with Gasteiger partial charge in [-0.25, -0.2) is 0 Å². The van der Waals surface area contributed by atoms with E-state index in [2.05, 4.69) is 72.8 Å². The zero-order valence-electron chi connectivity index (χ0n) is 14.5. The van der Waals surface area contributed by atoms with Crippen LogP contribution in [0, 0.1) is 0 Å². The van der Waals surface area contributed by atoms with Crippen molar-refractivity contribution < 1.29 is 13.0 Å². The molecule has 3 nitrogen and oxygen atoms in total. The molecule has 5 heteroatoms. The van der Waals surface area contributed by atoms with Gasteiger partial charge in [0.15, 0.2) is 0 Å². The van der Waals surface area contributed by atoms with Crippen molar-refractivity contribution in [1.82, 2.24) is 0 Å². The average molecular weight is 473 g/mol. The Morgan fingerprint density at radius 2 is 1.00 bits per heavy atom. The van der Waals surface area contributed by atoms with Gasteiger partial charge < -0.3 is 0 Å². The van der Waals surface area contributed by atoms with Crippen molar-refractivity contribution in [3.63, 3.8) is 0 Å². The molecule has 0 amide bonds. The van der Waals surface area contributed by atoms with Crippen LogP contribution in [0.4, 0.5) is 0 Å². The molecule has 0 heterocycles. The summed E-state index contributed by atoms with van der Waals surface area (Å²) in [6.07, 6.45) is 0.452. The predicted molar refractivity (Wildman–Crippen MR) is 110 cm³/mol. The molecule has 3 rings (SSSR count). The first-order valence-corrected chi connectivity index (χ1v) is 16.5. The van der Waals surface area contributed by atoms with Gasteiger partial charge in [-0.15, -0.1) is 0 Å². The maximum absolute atomic E-state index is 11.3. The molecule has 0 bridgehead atoms. The Morgan fingerprint density at radius 3 is 1.31 bits per heavy atom. The number of hydrogen-bond donors (Lipinski definition) is 1. The van der Waals surface area contributed by atoms with Gasteiger partial charge in [0.1, 0.15) is 0 Å². The first kappa shape index (κ1) is 19.1. The summed E-state index contributed by atoms with van der Waals surface area (Å²) in [7, 11) is -3.96. The van der Waals surface area contributed by atoms with Crippen molar-refractivity contribution in [2.24, 2.45) is 0 Å². The Hall–Kier alpha value is -1.63. The summed E-state index contributed by atoms with van der Waals surface area (Å²) in [5.74, 6) is -0.196. The molecule has 0 fully saturated rings. The molecule has 0 saturated carbocycles. The molecular weight excluding hydrogens is 451 g/mol. The first-order chi connectivity index (χ1) is 12.5. The zero-order chi connectivity index (χ0) is 18.5. The van der Waals surface area contributed by atoms with Crippen molar-refractivity contribution >= 4 is 39.2 Å². The van der Waals surface area contributed by atoms with E-state index in [1.54, 1.807) is 0 Å². The van der Waals surface area contributed by atoms with Crippen LogP contribution in [-0.4, -0.2) is 37.1 Å². The van der Waals surface area contributed by atoms with Crippen molar-refractivity contribution in [3.05, 3.63) is 91.0 Å². The summed E-state index contributed by atoms with van der Waals surface area (Å²) in [6.45, 7) is 0. The predicted octanol–water partition coefficient (Wildman–Crippen LogP) is 2.43.